The van der Waals surface area contributed by atoms with E-state index in [1.807, 2.05) is 0 Å². The van der Waals surface area contributed by atoms with E-state index in [0.717, 1.165) is 6.21 Å². The number of nitrogens with zero attached hydrogens (tertiary/aromatic N) is 2. The third-order valence-corrected chi connectivity index (χ3v) is 5.06. The zero-order valence-electron chi connectivity index (χ0n) is 11.1. The van der Waals surface area contributed by atoms with E-state index in [9.17, 15) is 21.4 Å². The normalized spacial score (nSPS) is 24.4. The molecular formula is C11H13N3O6S2. The van der Waals surface area contributed by atoms with Gasteiger partial charge in [0, 0.05) is 12.6 Å². The van der Waals surface area contributed by atoms with Crippen molar-refractivity contribution in [3.8, 4) is 0 Å². The van der Waals surface area contributed by atoms with Gasteiger partial charge in [-0.1, -0.05) is 18.2 Å². The van der Waals surface area contributed by atoms with E-state index < -0.39 is 37.3 Å². The van der Waals surface area contributed by atoms with Crippen LogP contribution in [0.15, 0.2) is 40.4 Å². The van der Waals surface area contributed by atoms with Crippen LogP contribution in [0.5, 0.6) is 0 Å². The van der Waals surface area contributed by atoms with Gasteiger partial charge in [0.1, 0.15) is 5.25 Å². The van der Waals surface area contributed by atoms with Crippen molar-refractivity contribution in [1.82, 2.24) is 0 Å². The molecule has 1 aliphatic heterocycles. The van der Waals surface area contributed by atoms with E-state index in [0.29, 0.717) is 5.69 Å². The Kier molecular flexibility index (Phi) is 4.60. The van der Waals surface area contributed by atoms with E-state index >= 15 is 0 Å². The van der Waals surface area contributed by atoms with Crippen molar-refractivity contribution in [2.24, 2.45) is 10.1 Å². The Morgan fingerprint density at radius 1 is 1.09 bits per heavy atom. The zero-order chi connectivity index (χ0) is 16.4. The van der Waals surface area contributed by atoms with Crippen LogP contribution in [0, 0.1) is 0 Å². The molecule has 1 aromatic rings. The third-order valence-electron chi connectivity index (χ3n) is 2.91. The van der Waals surface area contributed by atoms with Crippen molar-refractivity contribution in [3.63, 3.8) is 0 Å². The second-order valence-corrected chi connectivity index (χ2v) is 7.67. The highest BCUT2D eigenvalue weighted by molar-refractivity contribution is 7.88. The Hall–Kier alpha value is -1.82. The third kappa shape index (κ3) is 4.10. The first-order chi connectivity index (χ1) is 10.2. The van der Waals surface area contributed by atoms with Gasteiger partial charge < -0.3 is 0 Å². The molecule has 120 valence electrons. The number of nitrogens with one attached hydrogen (secondary N) is 1. The number of aliphatic imine (C=N–C) groups is 1. The summed E-state index contributed by atoms with van der Waals surface area (Å²) in [4.78, 5) is 3.55. The molecule has 11 heteroatoms. The maximum Gasteiger partial charge on any atom is 0.288 e. The van der Waals surface area contributed by atoms with Gasteiger partial charge in [-0.15, -0.1) is 0 Å². The minimum atomic E-state index is -4.61. The average molecular weight is 347 g/mol. The molecule has 0 radical (unpaired) electrons. The summed E-state index contributed by atoms with van der Waals surface area (Å²) in [7, 11) is -9.17. The predicted molar refractivity (Wildman–Crippen MR) is 81.3 cm³/mol. The largest absolute Gasteiger partial charge is 0.288 e. The monoisotopic (exact) mass is 347 g/mol. The summed E-state index contributed by atoms with van der Waals surface area (Å²) in [5, 5.41) is 0.559. The highest BCUT2D eigenvalue weighted by Gasteiger charge is 2.38. The molecule has 0 spiro atoms. The molecule has 0 fully saturated rings. The fourth-order valence-corrected chi connectivity index (χ4v) is 3.44. The maximum atomic E-state index is 11.4. The van der Waals surface area contributed by atoms with Gasteiger partial charge in [0.25, 0.3) is 20.2 Å². The van der Waals surface area contributed by atoms with Gasteiger partial charge in [0.15, 0.2) is 5.37 Å². The predicted octanol–water partition coefficient (Wildman–Crippen LogP) is 0.399. The first kappa shape index (κ1) is 16.5. The van der Waals surface area contributed by atoms with E-state index in [2.05, 4.69) is 15.5 Å². The van der Waals surface area contributed by atoms with Crippen LogP contribution < -0.4 is 5.43 Å². The number of hydrogen-bond donors (Lipinski definition) is 3. The summed E-state index contributed by atoms with van der Waals surface area (Å²) in [6.07, 6.45) is 0.278. The second kappa shape index (κ2) is 6.12. The molecule has 0 amide bonds. The topological polar surface area (TPSA) is 145 Å². The minimum Gasteiger partial charge on any atom is -0.285 e. The van der Waals surface area contributed by atoms with Crippen LogP contribution in [0.3, 0.4) is 0 Å². The highest BCUT2D eigenvalue weighted by Crippen LogP contribution is 2.20. The Bertz CT molecular complexity index is 801. The van der Waals surface area contributed by atoms with Gasteiger partial charge in [0.2, 0.25) is 0 Å². The number of para-hydroxylation sites is 1. The lowest BCUT2D eigenvalue weighted by Gasteiger charge is -2.21. The Balaban J connectivity index is 2.32. The number of rotatable bonds is 4. The summed E-state index contributed by atoms with van der Waals surface area (Å²) in [5.74, 6) is 0. The minimum absolute atomic E-state index is 0.161. The maximum absolute atomic E-state index is 11.4. The van der Waals surface area contributed by atoms with E-state index in [1.54, 1.807) is 30.3 Å². The van der Waals surface area contributed by atoms with Crippen molar-refractivity contribution in [1.29, 1.82) is 0 Å². The van der Waals surface area contributed by atoms with Gasteiger partial charge in [-0.05, 0) is 12.1 Å². The van der Waals surface area contributed by atoms with Gasteiger partial charge in [-0.2, -0.15) is 21.9 Å². The summed E-state index contributed by atoms with van der Waals surface area (Å²) in [5.41, 5.74) is 2.98. The van der Waals surface area contributed by atoms with E-state index in [4.69, 9.17) is 4.55 Å². The molecule has 2 unspecified atom stereocenters. The smallest absolute Gasteiger partial charge is 0.285 e. The second-order valence-electron chi connectivity index (χ2n) is 4.50. The number of hydrazone groups is 1. The fraction of sp³-hybridized carbons (Fsp3) is 0.273. The lowest BCUT2D eigenvalue weighted by molar-refractivity contribution is 0.456. The van der Waals surface area contributed by atoms with Crippen molar-refractivity contribution < 1.29 is 25.9 Å². The quantitative estimate of drug-likeness (QED) is 0.528. The molecule has 0 aliphatic carbocycles. The van der Waals surface area contributed by atoms with E-state index in [1.165, 1.54) is 0 Å². The molecular weight excluding hydrogens is 334 g/mol. The summed E-state index contributed by atoms with van der Waals surface area (Å²) in [6.45, 7) is 0. The molecule has 0 aromatic heterocycles. The molecule has 0 saturated carbocycles. The fourth-order valence-electron chi connectivity index (χ4n) is 1.82. The highest BCUT2D eigenvalue weighted by atomic mass is 32.2. The molecule has 2 atom stereocenters. The van der Waals surface area contributed by atoms with Crippen LogP contribution in [0.1, 0.15) is 6.42 Å². The summed E-state index contributed by atoms with van der Waals surface area (Å²) >= 11 is 0. The standard InChI is InChI=1S/C11H13N3O6S2/c15-21(16,17)10-6-11(22(18,19)20)12-7-9(10)14-13-8-4-2-1-3-5-8/h1-5,7,10-11,13H,6H2,(H,15,16,17)(H,18,19,20)/b14-9+. The molecule has 1 aliphatic rings. The van der Waals surface area contributed by atoms with Crippen molar-refractivity contribution >= 4 is 37.8 Å². The van der Waals surface area contributed by atoms with Crippen LogP contribution in [0.4, 0.5) is 5.69 Å². The molecule has 2 rings (SSSR count). The van der Waals surface area contributed by atoms with Crippen LogP contribution in [0.2, 0.25) is 0 Å². The number of hydrogen-bond acceptors (Lipinski definition) is 7. The Morgan fingerprint density at radius 2 is 1.73 bits per heavy atom. The molecule has 9 nitrogen and oxygen atoms in total. The Labute approximate surface area is 127 Å². The molecule has 1 heterocycles. The van der Waals surface area contributed by atoms with Gasteiger partial charge in [-0.25, -0.2) is 0 Å². The van der Waals surface area contributed by atoms with Gasteiger partial charge in [0.05, 0.1) is 11.4 Å². The van der Waals surface area contributed by atoms with Crippen molar-refractivity contribution in [2.75, 3.05) is 5.43 Å². The average Bonchev–Trinajstić information content (AvgIpc) is 2.44. The first-order valence-corrected chi connectivity index (χ1v) is 9.03. The molecule has 3 N–H and O–H groups in total. The molecule has 1 aromatic carbocycles. The summed E-state index contributed by atoms with van der Waals surface area (Å²) in [6, 6.07) is 8.58. The number of benzene rings is 1. The van der Waals surface area contributed by atoms with Gasteiger partial charge in [-0.3, -0.25) is 19.5 Å². The molecule has 22 heavy (non-hydrogen) atoms. The zero-order valence-corrected chi connectivity index (χ0v) is 12.7. The van der Waals surface area contributed by atoms with Crippen molar-refractivity contribution in [3.05, 3.63) is 30.3 Å². The Morgan fingerprint density at radius 3 is 2.27 bits per heavy atom. The number of anilines is 1. The van der Waals surface area contributed by atoms with E-state index in [-0.39, 0.29) is 5.71 Å². The van der Waals surface area contributed by atoms with Crippen molar-refractivity contribution in [2.45, 2.75) is 17.0 Å². The van der Waals surface area contributed by atoms with Crippen LogP contribution >= 0.6 is 0 Å². The van der Waals surface area contributed by atoms with Crippen LogP contribution in [0.25, 0.3) is 0 Å². The molecule has 0 bridgehead atoms. The lowest BCUT2D eigenvalue weighted by atomic mass is 10.2. The van der Waals surface area contributed by atoms with Crippen LogP contribution in [-0.2, 0) is 20.2 Å². The van der Waals surface area contributed by atoms with Gasteiger partial charge >= 0.3 is 0 Å². The van der Waals surface area contributed by atoms with Crippen LogP contribution in [-0.4, -0.2) is 48.5 Å². The lowest BCUT2D eigenvalue weighted by Crippen LogP contribution is -2.40. The SMILES string of the molecule is O=S(=O)(O)C1CC(S(=O)(=O)O)/C(=N/Nc2ccccc2)C=N1. The first-order valence-electron chi connectivity index (χ1n) is 6.02. The molecule has 0 saturated heterocycles. The summed E-state index contributed by atoms with van der Waals surface area (Å²) < 4.78 is 63.1.